The van der Waals surface area contributed by atoms with Crippen molar-refractivity contribution in [2.75, 3.05) is 18.0 Å². The van der Waals surface area contributed by atoms with E-state index in [2.05, 4.69) is 51.6 Å². The van der Waals surface area contributed by atoms with Gasteiger partial charge in [-0.1, -0.05) is 20.8 Å². The van der Waals surface area contributed by atoms with E-state index >= 15 is 0 Å². The predicted octanol–water partition coefficient (Wildman–Crippen LogP) is 2.79. The Labute approximate surface area is 116 Å². The Kier molecular flexibility index (Phi) is 3.80. The summed E-state index contributed by atoms with van der Waals surface area (Å²) in [6.45, 7) is 8.84. The van der Waals surface area contributed by atoms with Gasteiger partial charge >= 0.3 is 0 Å². The highest BCUT2D eigenvalue weighted by Crippen LogP contribution is 2.35. The average Bonchev–Trinajstić information content (AvgIpc) is 2.32. The molecule has 100 valence electrons. The lowest BCUT2D eigenvalue weighted by Crippen LogP contribution is -2.39. The number of H-pyrrole nitrogens is 1. The van der Waals surface area contributed by atoms with Crippen molar-refractivity contribution in [3.05, 3.63) is 21.2 Å². The molecule has 1 aliphatic rings. The fourth-order valence-electron chi connectivity index (χ4n) is 2.55. The van der Waals surface area contributed by atoms with Gasteiger partial charge in [0.05, 0.1) is 6.33 Å². The molecule has 1 aliphatic heterocycles. The van der Waals surface area contributed by atoms with E-state index in [0.29, 0.717) is 9.89 Å². The zero-order chi connectivity index (χ0) is 13.3. The average molecular weight is 314 g/mol. The molecule has 0 unspecified atom stereocenters. The molecule has 4 nitrogen and oxygen atoms in total. The second-order valence-corrected chi connectivity index (χ2v) is 6.79. The number of anilines is 1. The van der Waals surface area contributed by atoms with Gasteiger partial charge in [-0.25, -0.2) is 4.98 Å². The molecule has 0 atom stereocenters. The molecule has 0 spiro atoms. The first-order valence-electron chi connectivity index (χ1n) is 6.37. The van der Waals surface area contributed by atoms with E-state index < -0.39 is 0 Å². The minimum absolute atomic E-state index is 0.113. The number of aromatic amines is 1. The zero-order valence-electron chi connectivity index (χ0n) is 11.2. The van der Waals surface area contributed by atoms with Crippen LogP contribution >= 0.6 is 15.9 Å². The van der Waals surface area contributed by atoms with Crippen molar-refractivity contribution in [2.45, 2.75) is 33.6 Å². The summed E-state index contributed by atoms with van der Waals surface area (Å²) in [5, 5.41) is 0. The Morgan fingerprint density at radius 1 is 1.39 bits per heavy atom. The second-order valence-electron chi connectivity index (χ2n) is 6.00. The third-order valence-electron chi connectivity index (χ3n) is 3.80. The molecule has 18 heavy (non-hydrogen) atoms. The maximum Gasteiger partial charge on any atom is 0.267 e. The molecule has 1 aromatic rings. The molecule has 0 amide bonds. The van der Waals surface area contributed by atoms with Gasteiger partial charge in [0.15, 0.2) is 0 Å². The molecular formula is C13H20BrN3O. The molecule has 1 aromatic heterocycles. The van der Waals surface area contributed by atoms with Gasteiger partial charge in [0.1, 0.15) is 10.3 Å². The second kappa shape index (κ2) is 5.03. The summed E-state index contributed by atoms with van der Waals surface area (Å²) < 4.78 is 0.541. The van der Waals surface area contributed by atoms with Crippen LogP contribution in [0.25, 0.3) is 0 Å². The van der Waals surface area contributed by atoms with Gasteiger partial charge in [0, 0.05) is 13.1 Å². The normalized spacial score (nSPS) is 18.1. The topological polar surface area (TPSA) is 49.0 Å². The van der Waals surface area contributed by atoms with Gasteiger partial charge in [-0.15, -0.1) is 0 Å². The number of nitrogens with zero attached hydrogens (tertiary/aromatic N) is 2. The van der Waals surface area contributed by atoms with Gasteiger partial charge in [0.2, 0.25) is 0 Å². The third kappa shape index (κ3) is 2.76. The number of hydrogen-bond donors (Lipinski definition) is 1. The number of aromatic nitrogens is 2. The van der Waals surface area contributed by atoms with Crippen LogP contribution in [0, 0.1) is 11.3 Å². The molecule has 1 fully saturated rings. The van der Waals surface area contributed by atoms with E-state index in [-0.39, 0.29) is 5.56 Å². The van der Waals surface area contributed by atoms with Crippen LogP contribution < -0.4 is 10.5 Å². The van der Waals surface area contributed by atoms with Crippen LogP contribution in [0.4, 0.5) is 5.82 Å². The van der Waals surface area contributed by atoms with Crippen LogP contribution in [-0.2, 0) is 0 Å². The van der Waals surface area contributed by atoms with Gasteiger partial charge in [0.25, 0.3) is 5.56 Å². The number of nitrogens with one attached hydrogen (secondary N) is 1. The molecule has 0 saturated carbocycles. The fraction of sp³-hybridized carbons (Fsp3) is 0.692. The Morgan fingerprint density at radius 2 is 2.00 bits per heavy atom. The van der Waals surface area contributed by atoms with Crippen molar-refractivity contribution in [3.63, 3.8) is 0 Å². The number of halogens is 1. The highest BCUT2D eigenvalue weighted by Gasteiger charge is 2.29. The zero-order valence-corrected chi connectivity index (χ0v) is 12.7. The first-order valence-corrected chi connectivity index (χ1v) is 7.17. The minimum Gasteiger partial charge on any atom is -0.355 e. The van der Waals surface area contributed by atoms with E-state index in [9.17, 15) is 4.79 Å². The first-order chi connectivity index (χ1) is 8.39. The van der Waals surface area contributed by atoms with Crippen molar-refractivity contribution in [3.8, 4) is 0 Å². The van der Waals surface area contributed by atoms with E-state index in [0.717, 1.165) is 37.7 Å². The summed E-state index contributed by atoms with van der Waals surface area (Å²) in [6.07, 6.45) is 3.78. The summed E-state index contributed by atoms with van der Waals surface area (Å²) in [5.41, 5.74) is 0.253. The Bertz CT molecular complexity index is 470. The van der Waals surface area contributed by atoms with E-state index in [4.69, 9.17) is 0 Å². The smallest absolute Gasteiger partial charge is 0.267 e. The Hall–Kier alpha value is -0.840. The van der Waals surface area contributed by atoms with Crippen LogP contribution in [0.5, 0.6) is 0 Å². The lowest BCUT2D eigenvalue weighted by atomic mass is 9.75. The molecule has 0 radical (unpaired) electrons. The predicted molar refractivity (Wildman–Crippen MR) is 76.9 cm³/mol. The largest absolute Gasteiger partial charge is 0.355 e. The molecule has 1 saturated heterocycles. The summed E-state index contributed by atoms with van der Waals surface area (Å²) in [6, 6.07) is 0. The molecule has 5 heteroatoms. The summed E-state index contributed by atoms with van der Waals surface area (Å²) in [5.74, 6) is 1.51. The summed E-state index contributed by atoms with van der Waals surface area (Å²) >= 11 is 3.32. The Morgan fingerprint density at radius 3 is 2.56 bits per heavy atom. The highest BCUT2D eigenvalue weighted by molar-refractivity contribution is 9.10. The quantitative estimate of drug-likeness (QED) is 0.867. The SMILES string of the molecule is CC(C)(C)C1CCN(c2nc[nH]c(=O)c2Br)CC1. The summed E-state index contributed by atoms with van der Waals surface area (Å²) in [7, 11) is 0. The van der Waals surface area contributed by atoms with E-state index in [1.165, 1.54) is 6.33 Å². The highest BCUT2D eigenvalue weighted by atomic mass is 79.9. The Balaban J connectivity index is 2.11. The van der Waals surface area contributed by atoms with Crippen LogP contribution in [0.15, 0.2) is 15.6 Å². The van der Waals surface area contributed by atoms with Gasteiger partial charge < -0.3 is 9.88 Å². The lowest BCUT2D eigenvalue weighted by Gasteiger charge is -2.39. The van der Waals surface area contributed by atoms with Crippen LogP contribution in [0.3, 0.4) is 0 Å². The molecular weight excluding hydrogens is 294 g/mol. The van der Waals surface area contributed by atoms with Crippen molar-refractivity contribution >= 4 is 21.7 Å². The molecule has 0 bridgehead atoms. The van der Waals surface area contributed by atoms with Gasteiger partial charge in [-0.05, 0) is 40.1 Å². The van der Waals surface area contributed by atoms with Crippen molar-refractivity contribution in [1.82, 2.24) is 9.97 Å². The van der Waals surface area contributed by atoms with Crippen molar-refractivity contribution in [2.24, 2.45) is 11.3 Å². The first kappa shape index (κ1) is 13.6. The molecule has 1 N–H and O–H groups in total. The number of hydrogen-bond acceptors (Lipinski definition) is 3. The van der Waals surface area contributed by atoms with E-state index in [1.54, 1.807) is 0 Å². The van der Waals surface area contributed by atoms with Crippen LogP contribution in [-0.4, -0.2) is 23.1 Å². The molecule has 2 rings (SSSR count). The minimum atomic E-state index is -0.113. The summed E-state index contributed by atoms with van der Waals surface area (Å²) in [4.78, 5) is 20.6. The maximum absolute atomic E-state index is 11.5. The third-order valence-corrected chi connectivity index (χ3v) is 4.51. The number of rotatable bonds is 1. The molecule has 0 aromatic carbocycles. The maximum atomic E-state index is 11.5. The standard InChI is InChI=1S/C13H20BrN3O/c1-13(2,3)9-4-6-17(7-5-9)11-10(14)12(18)16-8-15-11/h8-9H,4-7H2,1-3H3,(H,15,16,18). The van der Waals surface area contributed by atoms with Gasteiger partial charge in [-0.2, -0.15) is 0 Å². The molecule has 2 heterocycles. The van der Waals surface area contributed by atoms with E-state index in [1.807, 2.05) is 0 Å². The van der Waals surface area contributed by atoms with Crippen LogP contribution in [0.1, 0.15) is 33.6 Å². The monoisotopic (exact) mass is 313 g/mol. The van der Waals surface area contributed by atoms with Crippen molar-refractivity contribution in [1.29, 1.82) is 0 Å². The van der Waals surface area contributed by atoms with Gasteiger partial charge in [-0.3, -0.25) is 4.79 Å². The number of piperidine rings is 1. The fourth-order valence-corrected chi connectivity index (χ4v) is 3.02. The van der Waals surface area contributed by atoms with Crippen molar-refractivity contribution < 1.29 is 0 Å². The lowest BCUT2D eigenvalue weighted by molar-refractivity contribution is 0.198. The molecule has 0 aliphatic carbocycles. The van der Waals surface area contributed by atoms with Crippen LogP contribution in [0.2, 0.25) is 0 Å².